The van der Waals surface area contributed by atoms with Crippen molar-refractivity contribution in [2.24, 2.45) is 10.8 Å². The fourth-order valence-corrected chi connectivity index (χ4v) is 7.19. The van der Waals surface area contributed by atoms with E-state index in [-0.39, 0.29) is 37.0 Å². The number of halogens is 2. The van der Waals surface area contributed by atoms with Crippen molar-refractivity contribution in [3.8, 4) is 0 Å². The standard InChI is InChI=1S/C18H26Cl2Si.Zr/c1-9-11(3)15(17(5,6)13(9)19)21-16-12(4)10(2)14(20)18(16,7)8;/h21H2,1-8H3;. The van der Waals surface area contributed by atoms with Gasteiger partial charge in [-0.1, -0.05) is 72.4 Å². The predicted octanol–water partition coefficient (Wildman–Crippen LogP) is 5.81. The largest absolute Gasteiger partial charge is 0.0879 e. The SMILES string of the molecule is CC1=C(Cl)C(C)(C)C([SiH2]C2=C(C)C(C)=C(Cl)C2(C)C)=C1C.[Zr]. The molecule has 22 heavy (non-hydrogen) atoms. The molecule has 0 amide bonds. The summed E-state index contributed by atoms with van der Waals surface area (Å²) in [5.41, 5.74) is 5.35. The van der Waals surface area contributed by atoms with Crippen molar-refractivity contribution in [2.75, 3.05) is 0 Å². The molecule has 0 nitrogen and oxygen atoms in total. The minimum absolute atomic E-state index is 0. The Morgan fingerprint density at radius 3 is 1.09 bits per heavy atom. The first kappa shape index (κ1) is 20.7. The van der Waals surface area contributed by atoms with Gasteiger partial charge in [-0.15, -0.1) is 0 Å². The second kappa shape index (κ2) is 6.51. The zero-order chi connectivity index (χ0) is 16.3. The van der Waals surface area contributed by atoms with Crippen molar-refractivity contribution in [1.82, 2.24) is 0 Å². The van der Waals surface area contributed by atoms with E-state index in [1.54, 1.807) is 10.4 Å². The van der Waals surface area contributed by atoms with Gasteiger partial charge >= 0.3 is 0 Å². The molecule has 2 rings (SSSR count). The van der Waals surface area contributed by atoms with Crippen molar-refractivity contribution >= 4 is 32.7 Å². The van der Waals surface area contributed by atoms with E-state index in [0.717, 1.165) is 10.1 Å². The Kier molecular flexibility index (Phi) is 6.12. The molecule has 4 heteroatoms. The van der Waals surface area contributed by atoms with E-state index in [2.05, 4.69) is 55.4 Å². The Morgan fingerprint density at radius 2 is 0.909 bits per heavy atom. The molecule has 0 spiro atoms. The average Bonchev–Trinajstić information content (AvgIpc) is 2.63. The van der Waals surface area contributed by atoms with Crippen LogP contribution in [0.2, 0.25) is 0 Å². The summed E-state index contributed by atoms with van der Waals surface area (Å²) < 4.78 is 0. The summed E-state index contributed by atoms with van der Waals surface area (Å²) in [7, 11) is -0.559. The van der Waals surface area contributed by atoms with Crippen LogP contribution in [0, 0.1) is 10.8 Å². The number of rotatable bonds is 2. The van der Waals surface area contributed by atoms with Gasteiger partial charge in [0, 0.05) is 47.1 Å². The Morgan fingerprint density at radius 1 is 0.636 bits per heavy atom. The molecule has 0 unspecified atom stereocenters. The van der Waals surface area contributed by atoms with E-state index in [4.69, 9.17) is 23.2 Å². The van der Waals surface area contributed by atoms with Crippen LogP contribution in [0.15, 0.2) is 42.7 Å². The molecule has 0 radical (unpaired) electrons. The quantitative estimate of drug-likeness (QED) is 0.483. The zero-order valence-corrected chi connectivity index (χ0v) is 20.3. The molecular weight excluding hydrogens is 406 g/mol. The summed E-state index contributed by atoms with van der Waals surface area (Å²) in [4.78, 5) is 0. The number of allylic oxidation sites excluding steroid dienone is 8. The van der Waals surface area contributed by atoms with E-state index >= 15 is 0 Å². The molecule has 0 heterocycles. The van der Waals surface area contributed by atoms with Crippen LogP contribution in [0.1, 0.15) is 55.4 Å². The van der Waals surface area contributed by atoms with Crippen LogP contribution in [-0.4, -0.2) is 9.52 Å². The maximum absolute atomic E-state index is 6.60. The van der Waals surface area contributed by atoms with Crippen LogP contribution in [0.3, 0.4) is 0 Å². The van der Waals surface area contributed by atoms with Gasteiger partial charge in [0.25, 0.3) is 0 Å². The van der Waals surface area contributed by atoms with Crippen LogP contribution >= 0.6 is 23.2 Å². The summed E-state index contributed by atoms with van der Waals surface area (Å²) in [6.07, 6.45) is 0. The van der Waals surface area contributed by atoms with Crippen LogP contribution in [-0.2, 0) is 26.2 Å². The van der Waals surface area contributed by atoms with Gasteiger partial charge in [0.05, 0.1) is 9.52 Å². The van der Waals surface area contributed by atoms with Crippen molar-refractivity contribution in [3.63, 3.8) is 0 Å². The number of hydrogen-bond acceptors (Lipinski definition) is 0. The molecule has 2 aliphatic carbocycles. The normalized spacial score (nSPS) is 23.7. The molecule has 120 valence electrons. The zero-order valence-electron chi connectivity index (χ0n) is 15.0. The third kappa shape index (κ3) is 2.87. The Balaban J connectivity index is 0.00000242. The van der Waals surface area contributed by atoms with Gasteiger partial charge < -0.3 is 0 Å². The Bertz CT molecular complexity index is 590. The summed E-state index contributed by atoms with van der Waals surface area (Å²) >= 11 is 13.2. The molecule has 0 bridgehead atoms. The van der Waals surface area contributed by atoms with Gasteiger partial charge in [0.1, 0.15) is 0 Å². The summed E-state index contributed by atoms with van der Waals surface area (Å²) in [6.45, 7) is 17.8. The van der Waals surface area contributed by atoms with E-state index in [9.17, 15) is 0 Å². The first-order valence-electron chi connectivity index (χ1n) is 7.59. The van der Waals surface area contributed by atoms with Crippen molar-refractivity contribution < 1.29 is 26.2 Å². The van der Waals surface area contributed by atoms with Gasteiger partial charge in [-0.05, 0) is 38.8 Å². The molecule has 2 aliphatic rings. The van der Waals surface area contributed by atoms with Crippen LogP contribution in [0.25, 0.3) is 0 Å². The molecule has 0 N–H and O–H groups in total. The third-order valence-corrected chi connectivity index (χ3v) is 10.7. The molecule has 0 saturated carbocycles. The van der Waals surface area contributed by atoms with Gasteiger partial charge in [-0.2, -0.15) is 0 Å². The minimum Gasteiger partial charge on any atom is -0.0879 e. The molecular formula is C18H26Cl2SiZr. The fraction of sp³-hybridized carbons (Fsp3) is 0.556. The Labute approximate surface area is 167 Å². The van der Waals surface area contributed by atoms with Crippen LogP contribution in [0.4, 0.5) is 0 Å². The van der Waals surface area contributed by atoms with E-state index in [1.807, 2.05) is 0 Å². The van der Waals surface area contributed by atoms with E-state index < -0.39 is 9.52 Å². The topological polar surface area (TPSA) is 0 Å². The molecule has 0 aromatic rings. The second-order valence-corrected chi connectivity index (χ2v) is 10.0. The first-order chi connectivity index (χ1) is 9.44. The van der Waals surface area contributed by atoms with Gasteiger partial charge in [0.2, 0.25) is 0 Å². The molecule has 0 aliphatic heterocycles. The predicted molar refractivity (Wildman–Crippen MR) is 98.6 cm³/mol. The first-order valence-corrected chi connectivity index (χ1v) is 9.76. The van der Waals surface area contributed by atoms with Gasteiger partial charge in [-0.25, -0.2) is 0 Å². The summed E-state index contributed by atoms with van der Waals surface area (Å²) in [5.74, 6) is 0. The maximum Gasteiger partial charge on any atom is 0.0804 e. The van der Waals surface area contributed by atoms with Crippen molar-refractivity contribution in [2.45, 2.75) is 55.4 Å². The Hall–Kier alpha value is 0.640. The van der Waals surface area contributed by atoms with Crippen LogP contribution in [0.5, 0.6) is 0 Å². The van der Waals surface area contributed by atoms with E-state index in [0.29, 0.717) is 0 Å². The third-order valence-electron chi connectivity index (χ3n) is 5.65. The van der Waals surface area contributed by atoms with Crippen molar-refractivity contribution in [3.05, 3.63) is 42.7 Å². The second-order valence-electron chi connectivity index (χ2n) is 7.51. The van der Waals surface area contributed by atoms with E-state index in [1.165, 1.54) is 22.3 Å². The van der Waals surface area contributed by atoms with Crippen molar-refractivity contribution in [1.29, 1.82) is 0 Å². The summed E-state index contributed by atoms with van der Waals surface area (Å²) in [5, 5.41) is 5.19. The van der Waals surface area contributed by atoms with Gasteiger partial charge in [-0.3, -0.25) is 0 Å². The van der Waals surface area contributed by atoms with Crippen LogP contribution < -0.4 is 0 Å². The minimum atomic E-state index is -0.559. The van der Waals surface area contributed by atoms with Gasteiger partial charge in [0.15, 0.2) is 0 Å². The smallest absolute Gasteiger partial charge is 0.0804 e. The molecule has 0 saturated heterocycles. The molecule has 0 fully saturated rings. The maximum atomic E-state index is 6.60. The fourth-order valence-electron chi connectivity index (χ4n) is 3.81. The monoisotopic (exact) mass is 430 g/mol. The summed E-state index contributed by atoms with van der Waals surface area (Å²) in [6, 6.07) is 0. The molecule has 0 atom stereocenters. The molecule has 0 aromatic heterocycles. The molecule has 0 aromatic carbocycles. The number of hydrogen-bond donors (Lipinski definition) is 0. The average molecular weight is 433 g/mol.